The molecule has 0 spiro atoms. The summed E-state index contributed by atoms with van der Waals surface area (Å²) >= 11 is 0. The molecule has 3 N–H and O–H groups in total. The van der Waals surface area contributed by atoms with Gasteiger partial charge in [0.15, 0.2) is 0 Å². The third kappa shape index (κ3) is 6.38. The van der Waals surface area contributed by atoms with Gasteiger partial charge in [-0.15, -0.1) is 0 Å². The van der Waals surface area contributed by atoms with E-state index in [2.05, 4.69) is 20.3 Å². The maximum absolute atomic E-state index is 12.3. The molecule has 0 aliphatic carbocycles. The maximum atomic E-state index is 12.3. The number of hydrogen-bond donors (Lipinski definition) is 3. The van der Waals surface area contributed by atoms with Crippen LogP contribution in [0.2, 0.25) is 0 Å². The predicted molar refractivity (Wildman–Crippen MR) is 160 cm³/mol. The Bertz CT molecular complexity index is 1790. The summed E-state index contributed by atoms with van der Waals surface area (Å²) in [6, 6.07) is 0. The van der Waals surface area contributed by atoms with Crippen LogP contribution in [0.3, 0.4) is 0 Å². The SMILES string of the molecule is CCC1=C(C)C(C=c2[nH]/c(=C\c3[nH]c(/C=C4\NC(=O)C(C)=C4CC)c(C)c3CCC(=O)[O-])c(CCC(=O)[O-])c2C)=NC1=O. The van der Waals surface area contributed by atoms with Crippen LogP contribution in [-0.2, 0) is 32.0 Å². The molecular weight excluding hydrogens is 548 g/mol. The molecule has 0 aromatic carbocycles. The molecule has 2 amide bonds. The number of carboxylic acid groups (broad SMARTS) is 2. The maximum Gasteiger partial charge on any atom is 0.273 e. The second-order valence-electron chi connectivity index (χ2n) is 10.9. The van der Waals surface area contributed by atoms with Crippen molar-refractivity contribution in [3.05, 3.63) is 72.3 Å². The van der Waals surface area contributed by atoms with E-state index in [4.69, 9.17) is 0 Å². The average molecular weight is 585 g/mol. The van der Waals surface area contributed by atoms with E-state index in [9.17, 15) is 29.4 Å². The summed E-state index contributed by atoms with van der Waals surface area (Å²) in [7, 11) is 0. The highest BCUT2D eigenvalue weighted by atomic mass is 16.4. The van der Waals surface area contributed by atoms with E-state index in [0.717, 1.165) is 33.4 Å². The number of carboxylic acids is 2. The molecule has 43 heavy (non-hydrogen) atoms. The molecule has 2 aliphatic heterocycles. The molecule has 0 radical (unpaired) electrons. The number of hydrogen-bond acceptors (Lipinski definition) is 6. The third-order valence-electron chi connectivity index (χ3n) is 8.31. The summed E-state index contributed by atoms with van der Waals surface area (Å²) in [5, 5.41) is 27.0. The van der Waals surface area contributed by atoms with Crippen molar-refractivity contribution in [1.82, 2.24) is 15.3 Å². The molecule has 0 atom stereocenters. The fourth-order valence-electron chi connectivity index (χ4n) is 5.76. The van der Waals surface area contributed by atoms with Gasteiger partial charge in [-0.05, 0) is 118 Å². The number of aromatic nitrogens is 2. The number of aliphatic carboxylic acids is 2. The number of allylic oxidation sites excluding steroid dienone is 2. The van der Waals surface area contributed by atoms with E-state index >= 15 is 0 Å². The number of rotatable bonds is 11. The van der Waals surface area contributed by atoms with Crippen molar-refractivity contribution in [1.29, 1.82) is 0 Å². The van der Waals surface area contributed by atoms with Gasteiger partial charge in [-0.1, -0.05) is 13.8 Å². The molecule has 0 saturated carbocycles. The normalized spacial score (nSPS) is 17.2. The van der Waals surface area contributed by atoms with Crippen molar-refractivity contribution in [2.45, 2.75) is 80.1 Å². The highest BCUT2D eigenvalue weighted by Crippen LogP contribution is 2.28. The number of amides is 2. The number of carbonyl (C=O) groups is 4. The second-order valence-corrected chi connectivity index (χ2v) is 10.9. The number of aliphatic imine (C=N–C) groups is 1. The Morgan fingerprint density at radius 1 is 0.744 bits per heavy atom. The van der Waals surface area contributed by atoms with Crippen LogP contribution in [0.5, 0.6) is 0 Å². The van der Waals surface area contributed by atoms with Gasteiger partial charge in [0.1, 0.15) is 0 Å². The lowest BCUT2D eigenvalue weighted by Gasteiger charge is -2.05. The molecule has 0 fully saturated rings. The van der Waals surface area contributed by atoms with E-state index in [1.54, 1.807) is 13.0 Å². The number of H-pyrrole nitrogens is 2. The number of nitrogens with zero attached hydrogens (tertiary/aromatic N) is 1. The van der Waals surface area contributed by atoms with Crippen LogP contribution in [0.1, 0.15) is 87.0 Å². The molecule has 2 aromatic heterocycles. The molecule has 0 saturated heterocycles. The topological polar surface area (TPSA) is 170 Å². The number of carbonyl (C=O) groups excluding carboxylic acids is 4. The van der Waals surface area contributed by atoms with Crippen molar-refractivity contribution in [3.63, 3.8) is 0 Å². The predicted octanol–water partition coefficient (Wildman–Crippen LogP) is 0.839. The zero-order valence-corrected chi connectivity index (χ0v) is 25.4. The third-order valence-corrected chi connectivity index (χ3v) is 8.31. The van der Waals surface area contributed by atoms with Gasteiger partial charge in [-0.3, -0.25) is 9.59 Å². The number of nitrogens with one attached hydrogen (secondary N) is 3. The average Bonchev–Trinajstić information content (AvgIpc) is 3.59. The van der Waals surface area contributed by atoms with Gasteiger partial charge in [0.25, 0.3) is 11.8 Å². The summed E-state index contributed by atoms with van der Waals surface area (Å²) in [5.41, 5.74) is 8.80. The van der Waals surface area contributed by atoms with Crippen molar-refractivity contribution in [2.24, 2.45) is 4.99 Å². The Hall–Kier alpha value is -4.73. The molecule has 4 rings (SSSR count). The molecule has 10 nitrogen and oxygen atoms in total. The van der Waals surface area contributed by atoms with E-state index in [1.807, 2.05) is 46.8 Å². The monoisotopic (exact) mass is 584 g/mol. The fraction of sp³-hybridized carbons (Fsp3) is 0.364. The van der Waals surface area contributed by atoms with Crippen LogP contribution in [0, 0.1) is 13.8 Å². The Morgan fingerprint density at radius 2 is 1.37 bits per heavy atom. The molecule has 10 heteroatoms. The summed E-state index contributed by atoms with van der Waals surface area (Å²) in [6.45, 7) is 11.3. The van der Waals surface area contributed by atoms with Crippen LogP contribution in [0.4, 0.5) is 0 Å². The van der Waals surface area contributed by atoms with Gasteiger partial charge >= 0.3 is 0 Å². The van der Waals surface area contributed by atoms with Gasteiger partial charge < -0.3 is 35.1 Å². The zero-order chi connectivity index (χ0) is 31.6. The minimum Gasteiger partial charge on any atom is -0.550 e. The molecule has 0 bridgehead atoms. The van der Waals surface area contributed by atoms with Gasteiger partial charge in [0, 0.05) is 50.9 Å². The molecule has 4 heterocycles. The van der Waals surface area contributed by atoms with Crippen molar-refractivity contribution in [3.8, 4) is 0 Å². The largest absolute Gasteiger partial charge is 0.550 e. The molecule has 2 aliphatic rings. The van der Waals surface area contributed by atoms with Gasteiger partial charge in [-0.25, -0.2) is 4.99 Å². The standard InChI is InChI=1S/C33H38N4O6/c1-7-20-19(6)32(42)37-27(20)14-25-18(5)23(10-12-31(40)41)29(35-25)15-28-22(9-11-30(38)39)17(4)24(34-28)13-26-16(3)21(8-2)33(43)36-26/h13-15,34-35H,7-12H2,1-6H3,(H,37,42)(H,38,39)(H,40,41)/p-2/b24-13?,27-14-,28-15-. The molecule has 226 valence electrons. The minimum atomic E-state index is -1.18. The Morgan fingerprint density at radius 3 is 1.95 bits per heavy atom. The van der Waals surface area contributed by atoms with Gasteiger partial charge in [0.05, 0.1) is 5.71 Å². The van der Waals surface area contributed by atoms with Gasteiger partial charge in [0.2, 0.25) is 0 Å². The summed E-state index contributed by atoms with van der Waals surface area (Å²) in [4.78, 5) is 58.4. The van der Waals surface area contributed by atoms with Crippen LogP contribution in [0.25, 0.3) is 18.2 Å². The van der Waals surface area contributed by atoms with E-state index < -0.39 is 11.9 Å². The van der Waals surface area contributed by atoms with Crippen molar-refractivity contribution in [2.75, 3.05) is 0 Å². The van der Waals surface area contributed by atoms with E-state index in [-0.39, 0.29) is 37.5 Å². The Balaban J connectivity index is 1.91. The first-order valence-electron chi connectivity index (χ1n) is 14.4. The molecule has 0 unspecified atom stereocenters. The molecule has 2 aromatic rings. The summed E-state index contributed by atoms with van der Waals surface area (Å²) in [5.74, 6) is -2.76. The minimum absolute atomic E-state index is 0.149. The highest BCUT2D eigenvalue weighted by Gasteiger charge is 2.24. The van der Waals surface area contributed by atoms with Crippen LogP contribution in [-0.4, -0.2) is 39.4 Å². The van der Waals surface area contributed by atoms with Crippen LogP contribution in [0.15, 0.2) is 33.0 Å². The van der Waals surface area contributed by atoms with Gasteiger partial charge in [-0.2, -0.15) is 0 Å². The smallest absolute Gasteiger partial charge is 0.273 e. The first-order valence-corrected chi connectivity index (χ1v) is 14.4. The van der Waals surface area contributed by atoms with Crippen molar-refractivity contribution >= 4 is 47.7 Å². The Labute approximate surface area is 249 Å². The number of aromatic amines is 2. The lowest BCUT2D eigenvalue weighted by Crippen LogP contribution is -2.23. The van der Waals surface area contributed by atoms with E-state index in [0.29, 0.717) is 57.5 Å². The van der Waals surface area contributed by atoms with Crippen LogP contribution >= 0.6 is 0 Å². The second kappa shape index (κ2) is 12.6. The van der Waals surface area contributed by atoms with Crippen LogP contribution < -0.4 is 26.2 Å². The summed E-state index contributed by atoms with van der Waals surface area (Å²) < 4.78 is 0. The molecular formula is C33H36N4O6-2. The first kappa shape index (κ1) is 31.2. The Kier molecular flexibility index (Phi) is 9.18. The lowest BCUT2D eigenvalue weighted by atomic mass is 10.0. The zero-order valence-electron chi connectivity index (χ0n) is 25.4. The highest BCUT2D eigenvalue weighted by molar-refractivity contribution is 6.30. The first-order chi connectivity index (χ1) is 20.4. The van der Waals surface area contributed by atoms with E-state index in [1.165, 1.54) is 0 Å². The lowest BCUT2D eigenvalue weighted by molar-refractivity contribution is -0.307. The van der Waals surface area contributed by atoms with Crippen molar-refractivity contribution < 1.29 is 29.4 Å². The quantitative estimate of drug-likeness (QED) is 0.353. The fourth-order valence-corrected chi connectivity index (χ4v) is 5.76. The summed E-state index contributed by atoms with van der Waals surface area (Å²) in [6.07, 6.45) is 6.75.